The van der Waals surface area contributed by atoms with Crippen LogP contribution in [0.5, 0.6) is 0 Å². The van der Waals surface area contributed by atoms with E-state index in [9.17, 15) is 16.8 Å². The number of hydrogen-bond donors (Lipinski definition) is 2. The molecular formula is C11H19N2O5S2+. The van der Waals surface area contributed by atoms with Gasteiger partial charge in [-0.3, -0.25) is 4.55 Å². The molecule has 3 N–H and O–H groups in total. The highest BCUT2D eigenvalue weighted by molar-refractivity contribution is 7.85. The molecule has 0 bridgehead atoms. The van der Waals surface area contributed by atoms with Gasteiger partial charge in [0.2, 0.25) is 0 Å². The number of benzene rings is 1. The number of nitrogen functional groups attached to an aromatic ring is 1. The van der Waals surface area contributed by atoms with Crippen molar-refractivity contribution in [2.75, 3.05) is 24.6 Å². The van der Waals surface area contributed by atoms with Crippen molar-refractivity contribution in [1.82, 2.24) is 0 Å². The molecule has 1 aromatic carbocycles. The van der Waals surface area contributed by atoms with Crippen molar-refractivity contribution < 1.29 is 25.3 Å². The summed E-state index contributed by atoms with van der Waals surface area (Å²) in [7, 11) is -6.52. The molecule has 1 rings (SSSR count). The van der Waals surface area contributed by atoms with Crippen LogP contribution in [0.3, 0.4) is 0 Å². The van der Waals surface area contributed by atoms with Crippen LogP contribution in [0.15, 0.2) is 30.3 Å². The van der Waals surface area contributed by atoms with Crippen molar-refractivity contribution in [3.05, 3.63) is 30.3 Å². The van der Waals surface area contributed by atoms with Gasteiger partial charge >= 0.3 is 10.5 Å². The molecule has 0 saturated heterocycles. The summed E-state index contributed by atoms with van der Waals surface area (Å²) >= 11 is 0. The molecule has 7 nitrogen and oxygen atoms in total. The highest BCUT2D eigenvalue weighted by Crippen LogP contribution is 1.95. The standard InChI is InChI=1S/C6H7N.C5H11NO5S2/c7-6-4-2-1-3-5-6;1-2-3-6(12(7)8)4-5-13(9,10)11/h1-5H,7H2;2-5H2,1H3/p+1. The van der Waals surface area contributed by atoms with Crippen LogP contribution in [0.2, 0.25) is 0 Å². The maximum Gasteiger partial charge on any atom is 0.458 e. The highest BCUT2D eigenvalue weighted by atomic mass is 32.2. The number of nitrogens with zero attached hydrogens (tertiary/aromatic N) is 1. The minimum Gasteiger partial charge on any atom is -0.399 e. The average Bonchev–Trinajstić information content (AvgIpc) is 2.34. The van der Waals surface area contributed by atoms with Crippen molar-refractivity contribution in [2.24, 2.45) is 0 Å². The minimum absolute atomic E-state index is 0.206. The van der Waals surface area contributed by atoms with Crippen LogP contribution in [0.1, 0.15) is 13.3 Å². The molecule has 0 spiro atoms. The van der Waals surface area contributed by atoms with Crippen molar-refractivity contribution in [1.29, 1.82) is 0 Å². The van der Waals surface area contributed by atoms with Crippen molar-refractivity contribution in [3.8, 4) is 0 Å². The predicted octanol–water partition coefficient (Wildman–Crippen LogP) is 0.628. The van der Waals surface area contributed by atoms with Crippen LogP contribution in [0, 0.1) is 0 Å². The average molecular weight is 323 g/mol. The number of rotatable bonds is 5. The zero-order chi connectivity index (χ0) is 15.6. The molecule has 114 valence electrons. The summed E-state index contributed by atoms with van der Waals surface area (Å²) in [6.07, 6.45) is 0.597. The molecule has 0 aliphatic heterocycles. The maximum atomic E-state index is 10.5. The molecule has 0 fully saturated rings. The second kappa shape index (κ2) is 9.45. The van der Waals surface area contributed by atoms with Crippen LogP contribution < -0.4 is 5.73 Å². The fraction of sp³-hybridized carbons (Fsp3) is 0.455. The van der Waals surface area contributed by atoms with Gasteiger partial charge in [-0.1, -0.05) is 25.1 Å². The van der Waals surface area contributed by atoms with E-state index in [1.807, 2.05) is 30.3 Å². The molecule has 0 saturated carbocycles. The normalized spacial score (nSPS) is 10.3. The van der Waals surface area contributed by atoms with Gasteiger partial charge < -0.3 is 5.73 Å². The third kappa shape index (κ3) is 10.5. The van der Waals surface area contributed by atoms with Crippen molar-refractivity contribution in [3.63, 3.8) is 0 Å². The Morgan fingerprint density at radius 1 is 1.20 bits per heavy atom. The lowest BCUT2D eigenvalue weighted by Crippen LogP contribution is -2.21. The van der Waals surface area contributed by atoms with E-state index in [4.69, 9.17) is 10.3 Å². The highest BCUT2D eigenvalue weighted by Gasteiger charge is 2.12. The van der Waals surface area contributed by atoms with Crippen LogP contribution in [-0.4, -0.2) is 44.2 Å². The Kier molecular flexibility index (Phi) is 8.77. The lowest BCUT2D eigenvalue weighted by atomic mass is 10.3. The topological polar surface area (TPSA) is 118 Å². The summed E-state index contributed by atoms with van der Waals surface area (Å²) in [4.78, 5) is 0. The van der Waals surface area contributed by atoms with Gasteiger partial charge in [-0.25, -0.2) is 0 Å². The maximum absolute atomic E-state index is 10.5. The van der Waals surface area contributed by atoms with E-state index in [2.05, 4.69) is 0 Å². The summed E-state index contributed by atoms with van der Waals surface area (Å²) in [6.45, 7) is 1.82. The molecule has 0 radical (unpaired) electrons. The Morgan fingerprint density at radius 3 is 2.05 bits per heavy atom. The number of hydrogen-bond acceptors (Lipinski definition) is 5. The first-order valence-corrected chi connectivity index (χ1v) is 8.50. The van der Waals surface area contributed by atoms with Crippen LogP contribution in [0.25, 0.3) is 0 Å². The van der Waals surface area contributed by atoms with Gasteiger partial charge in [0, 0.05) is 12.1 Å². The molecule has 0 amide bonds. The fourth-order valence-electron chi connectivity index (χ4n) is 1.18. The van der Waals surface area contributed by atoms with Gasteiger partial charge in [0.05, 0.1) is 0 Å². The van der Waals surface area contributed by atoms with Crippen LogP contribution in [-0.2, 0) is 20.6 Å². The predicted molar refractivity (Wildman–Crippen MR) is 76.5 cm³/mol. The Labute approximate surface area is 120 Å². The first-order valence-electron chi connectivity index (χ1n) is 5.86. The number of nitrogens with two attached hydrogens (primary N) is 1. The van der Waals surface area contributed by atoms with Crippen LogP contribution in [0.4, 0.5) is 5.69 Å². The van der Waals surface area contributed by atoms with E-state index < -0.39 is 26.4 Å². The van der Waals surface area contributed by atoms with Gasteiger partial charge in [0.1, 0.15) is 5.75 Å². The Balaban J connectivity index is 0.000000428. The molecule has 0 atom stereocenters. The molecule has 0 heterocycles. The van der Waals surface area contributed by atoms with E-state index in [1.165, 1.54) is 0 Å². The van der Waals surface area contributed by atoms with Gasteiger partial charge in [-0.2, -0.15) is 8.42 Å². The third-order valence-corrected chi connectivity index (χ3v) is 3.57. The summed E-state index contributed by atoms with van der Waals surface area (Å²) in [5, 5.41) is 0. The molecular weight excluding hydrogens is 304 g/mol. The summed E-state index contributed by atoms with van der Waals surface area (Å²) in [5.74, 6) is -0.568. The fourth-order valence-corrected chi connectivity index (χ4v) is 2.32. The number of anilines is 1. The van der Waals surface area contributed by atoms with Gasteiger partial charge in [-0.05, 0) is 12.1 Å². The first-order chi connectivity index (χ1) is 9.26. The summed E-state index contributed by atoms with van der Waals surface area (Å²) in [5.41, 5.74) is 6.18. The van der Waals surface area contributed by atoms with Crippen molar-refractivity contribution >= 4 is 26.3 Å². The minimum atomic E-state index is -4.09. The molecule has 0 aromatic heterocycles. The Bertz CT molecular complexity index is 616. The Morgan fingerprint density at radius 2 is 1.75 bits per heavy atom. The second-order valence-corrected chi connectivity index (χ2v) is 6.37. The Hall–Kier alpha value is -1.45. The van der Waals surface area contributed by atoms with Gasteiger partial charge in [-0.15, -0.1) is 12.4 Å². The van der Waals surface area contributed by atoms with E-state index in [0.717, 1.165) is 9.63 Å². The number of para-hydroxylation sites is 1. The molecule has 0 aliphatic carbocycles. The zero-order valence-electron chi connectivity index (χ0n) is 11.1. The molecule has 0 unspecified atom stereocenters. The molecule has 9 heteroatoms. The van der Waals surface area contributed by atoms with Crippen LogP contribution >= 0.6 is 0 Å². The third-order valence-electron chi connectivity index (χ3n) is 2.08. The van der Waals surface area contributed by atoms with Gasteiger partial charge in [0.15, 0.2) is 13.1 Å². The SMILES string of the molecule is CCC[N+](CCS(=O)(=O)O)=S(=O)=O.Nc1ccccc1. The van der Waals surface area contributed by atoms with E-state index in [1.54, 1.807) is 6.92 Å². The lowest BCUT2D eigenvalue weighted by Gasteiger charge is -1.94. The summed E-state index contributed by atoms with van der Waals surface area (Å²) < 4.78 is 50.8. The lowest BCUT2D eigenvalue weighted by molar-refractivity contribution is -0.499. The largest absolute Gasteiger partial charge is 0.458 e. The monoisotopic (exact) mass is 323 g/mol. The van der Waals surface area contributed by atoms with E-state index in [0.29, 0.717) is 6.42 Å². The molecule has 20 heavy (non-hydrogen) atoms. The smallest absolute Gasteiger partial charge is 0.399 e. The van der Waals surface area contributed by atoms with Crippen molar-refractivity contribution in [2.45, 2.75) is 13.3 Å². The van der Waals surface area contributed by atoms with E-state index in [-0.39, 0.29) is 13.1 Å². The van der Waals surface area contributed by atoms with E-state index >= 15 is 0 Å². The zero-order valence-corrected chi connectivity index (χ0v) is 12.8. The van der Waals surface area contributed by atoms with Gasteiger partial charge in [0.25, 0.3) is 10.1 Å². The quantitative estimate of drug-likeness (QED) is 0.466. The first kappa shape index (κ1) is 18.6. The molecule has 1 aromatic rings. The summed E-state index contributed by atoms with van der Waals surface area (Å²) in [6, 6.07) is 9.49. The molecule has 0 aliphatic rings. The second-order valence-electron chi connectivity index (χ2n) is 3.84.